The number of allylic oxidation sites excluding steroid dienone is 1. The number of nitrogens with zero attached hydrogens (tertiary/aromatic N) is 1. The van der Waals surface area contributed by atoms with Gasteiger partial charge in [0, 0.05) is 18.5 Å². The highest BCUT2D eigenvalue weighted by molar-refractivity contribution is 5.90. The zero-order chi connectivity index (χ0) is 13.1. The summed E-state index contributed by atoms with van der Waals surface area (Å²) >= 11 is 0. The van der Waals surface area contributed by atoms with Crippen molar-refractivity contribution in [3.8, 4) is 0 Å². The zero-order valence-electron chi connectivity index (χ0n) is 11.8. The fraction of sp³-hybridized carbons (Fsp3) is 0.471. The summed E-state index contributed by atoms with van der Waals surface area (Å²) in [5, 5.41) is 0. The maximum Gasteiger partial charge on any atom is 0.155 e. The van der Waals surface area contributed by atoms with Crippen molar-refractivity contribution >= 4 is 18.2 Å². The fourth-order valence-corrected chi connectivity index (χ4v) is 3.38. The second-order valence-electron chi connectivity index (χ2n) is 5.77. The summed E-state index contributed by atoms with van der Waals surface area (Å²) in [6.07, 6.45) is 9.45. The minimum absolute atomic E-state index is 0. The van der Waals surface area contributed by atoms with Gasteiger partial charge in [-0.1, -0.05) is 42.8 Å². The van der Waals surface area contributed by atoms with Crippen LogP contribution in [0, 0.1) is 0 Å². The van der Waals surface area contributed by atoms with Crippen LogP contribution in [0.2, 0.25) is 0 Å². The highest BCUT2D eigenvalue weighted by Gasteiger charge is 2.38. The van der Waals surface area contributed by atoms with Crippen LogP contribution in [-0.2, 0) is 11.3 Å². The van der Waals surface area contributed by atoms with Gasteiger partial charge in [-0.15, -0.1) is 12.4 Å². The van der Waals surface area contributed by atoms with Crippen LogP contribution >= 0.6 is 12.4 Å². The summed E-state index contributed by atoms with van der Waals surface area (Å²) in [6, 6.07) is 10.7. The molecule has 1 aromatic rings. The Morgan fingerprint density at radius 3 is 2.60 bits per heavy atom. The van der Waals surface area contributed by atoms with Crippen molar-refractivity contribution in [1.82, 2.24) is 4.90 Å². The van der Waals surface area contributed by atoms with Crippen LogP contribution in [0.15, 0.2) is 42.5 Å². The lowest BCUT2D eigenvalue weighted by Crippen LogP contribution is -2.51. The second-order valence-corrected chi connectivity index (χ2v) is 5.77. The van der Waals surface area contributed by atoms with Crippen LogP contribution in [0.5, 0.6) is 0 Å². The SMILES string of the molecule is Cl.O=C1C=CC2(CCCCN2Cc2ccccc2)CC1. The first-order valence-corrected chi connectivity index (χ1v) is 7.30. The van der Waals surface area contributed by atoms with Crippen LogP contribution in [-0.4, -0.2) is 22.8 Å². The molecule has 0 aromatic heterocycles. The van der Waals surface area contributed by atoms with E-state index in [1.807, 2.05) is 6.08 Å². The molecule has 1 spiro atoms. The Balaban J connectivity index is 0.00000147. The number of piperidine rings is 1. The molecule has 1 atom stereocenters. The van der Waals surface area contributed by atoms with Gasteiger partial charge in [0.25, 0.3) is 0 Å². The van der Waals surface area contributed by atoms with Gasteiger partial charge in [0.15, 0.2) is 5.78 Å². The van der Waals surface area contributed by atoms with Crippen LogP contribution in [0.4, 0.5) is 0 Å². The van der Waals surface area contributed by atoms with Gasteiger partial charge < -0.3 is 0 Å². The molecule has 20 heavy (non-hydrogen) atoms. The summed E-state index contributed by atoms with van der Waals surface area (Å²) in [7, 11) is 0. The molecule has 1 unspecified atom stereocenters. The van der Waals surface area contributed by atoms with E-state index in [-0.39, 0.29) is 23.7 Å². The van der Waals surface area contributed by atoms with Crippen molar-refractivity contribution in [2.75, 3.05) is 6.54 Å². The Labute approximate surface area is 127 Å². The minimum Gasteiger partial charge on any atom is -0.295 e. The predicted octanol–water partition coefficient (Wildman–Crippen LogP) is 3.75. The summed E-state index contributed by atoms with van der Waals surface area (Å²) in [6.45, 7) is 2.15. The molecule has 1 aliphatic heterocycles. The van der Waals surface area contributed by atoms with E-state index in [0.717, 1.165) is 19.5 Å². The Morgan fingerprint density at radius 2 is 1.90 bits per heavy atom. The topological polar surface area (TPSA) is 20.3 Å². The lowest BCUT2D eigenvalue weighted by molar-refractivity contribution is -0.116. The van der Waals surface area contributed by atoms with Crippen molar-refractivity contribution in [2.24, 2.45) is 0 Å². The molecule has 0 saturated carbocycles. The Bertz CT molecular complexity index is 485. The van der Waals surface area contributed by atoms with Crippen LogP contribution in [0.25, 0.3) is 0 Å². The Hall–Kier alpha value is -1.12. The first kappa shape index (κ1) is 15.3. The third kappa shape index (κ3) is 3.13. The molecule has 0 bridgehead atoms. The van der Waals surface area contributed by atoms with E-state index >= 15 is 0 Å². The quantitative estimate of drug-likeness (QED) is 0.827. The third-order valence-corrected chi connectivity index (χ3v) is 4.52. The molecule has 1 aliphatic carbocycles. The molecule has 3 rings (SSSR count). The van der Waals surface area contributed by atoms with Gasteiger partial charge in [0.1, 0.15) is 0 Å². The number of likely N-dealkylation sites (tertiary alicyclic amines) is 1. The predicted molar refractivity (Wildman–Crippen MR) is 84.1 cm³/mol. The molecule has 0 N–H and O–H groups in total. The number of rotatable bonds is 2. The van der Waals surface area contributed by atoms with Gasteiger partial charge in [-0.3, -0.25) is 9.69 Å². The number of carbonyl (C=O) groups is 1. The maximum absolute atomic E-state index is 11.4. The van der Waals surface area contributed by atoms with Crippen LogP contribution in [0.3, 0.4) is 0 Å². The lowest BCUT2D eigenvalue weighted by Gasteiger charge is -2.47. The molecule has 2 nitrogen and oxygen atoms in total. The summed E-state index contributed by atoms with van der Waals surface area (Å²) in [5.41, 5.74) is 1.51. The van der Waals surface area contributed by atoms with Crippen LogP contribution < -0.4 is 0 Å². The number of ketones is 1. The van der Waals surface area contributed by atoms with Gasteiger partial charge in [-0.2, -0.15) is 0 Å². The number of halogens is 1. The summed E-state index contributed by atoms with van der Waals surface area (Å²) < 4.78 is 0. The standard InChI is InChI=1S/C17H21NO.ClH/c19-16-8-11-17(12-9-16)10-4-5-13-18(17)14-15-6-2-1-3-7-15;/h1-3,6-8,11H,4-5,9-10,12-14H2;1H. The molecule has 1 fully saturated rings. The van der Waals surface area contributed by atoms with Crippen LogP contribution in [0.1, 0.15) is 37.7 Å². The molecule has 1 saturated heterocycles. The number of hydrogen-bond acceptors (Lipinski definition) is 2. The molecule has 0 radical (unpaired) electrons. The first-order valence-electron chi connectivity index (χ1n) is 7.30. The average molecular weight is 292 g/mol. The molecule has 2 aliphatic rings. The van der Waals surface area contributed by atoms with Gasteiger partial charge in [0.2, 0.25) is 0 Å². The summed E-state index contributed by atoms with van der Waals surface area (Å²) in [5.74, 6) is 0.288. The number of hydrogen-bond donors (Lipinski definition) is 0. The lowest BCUT2D eigenvalue weighted by atomic mass is 9.78. The molecule has 0 amide bonds. The molecule has 3 heteroatoms. The normalized spacial score (nSPS) is 26.5. The first-order chi connectivity index (χ1) is 9.28. The average Bonchev–Trinajstić information content (AvgIpc) is 2.46. The number of benzene rings is 1. The van der Waals surface area contributed by atoms with E-state index in [9.17, 15) is 4.79 Å². The second kappa shape index (κ2) is 6.55. The third-order valence-electron chi connectivity index (χ3n) is 4.52. The van der Waals surface area contributed by atoms with Crippen molar-refractivity contribution in [3.05, 3.63) is 48.0 Å². The van der Waals surface area contributed by atoms with E-state index < -0.39 is 0 Å². The number of carbonyl (C=O) groups excluding carboxylic acids is 1. The fourth-order valence-electron chi connectivity index (χ4n) is 3.38. The highest BCUT2D eigenvalue weighted by atomic mass is 35.5. The largest absolute Gasteiger partial charge is 0.295 e. The monoisotopic (exact) mass is 291 g/mol. The van der Waals surface area contributed by atoms with E-state index in [1.54, 1.807) is 0 Å². The van der Waals surface area contributed by atoms with Gasteiger partial charge in [0.05, 0.1) is 0 Å². The van der Waals surface area contributed by atoms with Crippen molar-refractivity contribution in [3.63, 3.8) is 0 Å². The molecule has 1 aromatic carbocycles. The van der Waals surface area contributed by atoms with E-state index in [2.05, 4.69) is 41.3 Å². The summed E-state index contributed by atoms with van der Waals surface area (Å²) in [4.78, 5) is 14.0. The van der Waals surface area contributed by atoms with Crippen molar-refractivity contribution < 1.29 is 4.79 Å². The Kier molecular flexibility index (Phi) is 5.00. The van der Waals surface area contributed by atoms with Gasteiger partial charge >= 0.3 is 0 Å². The van der Waals surface area contributed by atoms with E-state index in [0.29, 0.717) is 6.42 Å². The van der Waals surface area contributed by atoms with E-state index in [4.69, 9.17) is 0 Å². The molecular formula is C17H22ClNO. The highest BCUT2D eigenvalue weighted by Crippen LogP contribution is 2.37. The van der Waals surface area contributed by atoms with Crippen molar-refractivity contribution in [2.45, 2.75) is 44.2 Å². The van der Waals surface area contributed by atoms with Gasteiger partial charge in [-0.05, 0) is 37.4 Å². The van der Waals surface area contributed by atoms with Crippen molar-refractivity contribution in [1.29, 1.82) is 0 Å². The van der Waals surface area contributed by atoms with E-state index in [1.165, 1.54) is 24.8 Å². The molecule has 1 heterocycles. The molecule has 108 valence electrons. The maximum atomic E-state index is 11.4. The van der Waals surface area contributed by atoms with Gasteiger partial charge in [-0.25, -0.2) is 0 Å². The Morgan fingerprint density at radius 1 is 1.10 bits per heavy atom. The zero-order valence-corrected chi connectivity index (χ0v) is 12.6. The minimum atomic E-state index is 0. The molecular weight excluding hydrogens is 270 g/mol. The smallest absolute Gasteiger partial charge is 0.155 e.